The molecule has 0 saturated heterocycles. The maximum Gasteiger partial charge on any atom is 0.0701 e. The third kappa shape index (κ3) is 3.65. The molecule has 1 fully saturated rings. The van der Waals surface area contributed by atoms with Gasteiger partial charge in [-0.15, -0.1) is 11.3 Å². The van der Waals surface area contributed by atoms with Crippen molar-refractivity contribution in [2.75, 3.05) is 21.1 Å². The molecule has 1 aliphatic carbocycles. The van der Waals surface area contributed by atoms with Crippen molar-refractivity contribution < 1.29 is 0 Å². The molecule has 0 aliphatic heterocycles. The van der Waals surface area contributed by atoms with Crippen LogP contribution in [-0.4, -0.2) is 37.6 Å². The average Bonchev–Trinajstić information content (AvgIpc) is 2.68. The van der Waals surface area contributed by atoms with E-state index in [9.17, 15) is 0 Å². The topological polar surface area (TPSA) is 15.3 Å². The van der Waals surface area contributed by atoms with E-state index in [-0.39, 0.29) is 0 Å². The molecular formula is C16H27BrN2S. The smallest absolute Gasteiger partial charge is 0.0701 e. The predicted octanol–water partition coefficient (Wildman–Crippen LogP) is 4.30. The van der Waals surface area contributed by atoms with E-state index in [1.165, 1.54) is 47.2 Å². The minimum Gasteiger partial charge on any atom is -0.315 e. The van der Waals surface area contributed by atoms with Gasteiger partial charge in [-0.3, -0.25) is 0 Å². The number of rotatable bonds is 5. The lowest BCUT2D eigenvalue weighted by Crippen LogP contribution is -2.59. The summed E-state index contributed by atoms with van der Waals surface area (Å²) in [6.07, 6.45) is 9.29. The molecule has 1 atom stereocenters. The molecule has 114 valence electrons. The van der Waals surface area contributed by atoms with Crippen LogP contribution in [0.25, 0.3) is 0 Å². The first-order valence-electron chi connectivity index (χ1n) is 7.67. The third-order valence-electron chi connectivity index (χ3n) is 4.89. The van der Waals surface area contributed by atoms with Crippen molar-refractivity contribution in [3.8, 4) is 0 Å². The maximum absolute atomic E-state index is 3.63. The Bertz CT molecular complexity index is 408. The maximum atomic E-state index is 3.63. The molecule has 1 N–H and O–H groups in total. The van der Waals surface area contributed by atoms with Gasteiger partial charge in [-0.1, -0.05) is 25.7 Å². The Kier molecular flexibility index (Phi) is 6.09. The van der Waals surface area contributed by atoms with E-state index in [0.717, 1.165) is 6.42 Å². The Balaban J connectivity index is 2.19. The average molecular weight is 359 g/mol. The van der Waals surface area contributed by atoms with E-state index >= 15 is 0 Å². The van der Waals surface area contributed by atoms with Crippen LogP contribution in [0.4, 0.5) is 0 Å². The van der Waals surface area contributed by atoms with Gasteiger partial charge in [-0.05, 0) is 68.5 Å². The van der Waals surface area contributed by atoms with Crippen LogP contribution >= 0.6 is 27.3 Å². The molecular weight excluding hydrogens is 332 g/mol. The Hall–Kier alpha value is 0.1000. The van der Waals surface area contributed by atoms with Gasteiger partial charge in [-0.25, -0.2) is 0 Å². The number of hydrogen-bond donors (Lipinski definition) is 1. The number of nitrogens with zero attached hydrogens (tertiary/aromatic N) is 1. The van der Waals surface area contributed by atoms with Gasteiger partial charge in [0.1, 0.15) is 0 Å². The fourth-order valence-corrected chi connectivity index (χ4v) is 5.20. The zero-order chi connectivity index (χ0) is 14.6. The van der Waals surface area contributed by atoms with E-state index in [4.69, 9.17) is 0 Å². The van der Waals surface area contributed by atoms with E-state index < -0.39 is 0 Å². The zero-order valence-corrected chi connectivity index (χ0v) is 15.3. The number of halogens is 1. The van der Waals surface area contributed by atoms with Crippen molar-refractivity contribution >= 4 is 27.3 Å². The number of nitrogens with one attached hydrogen (secondary N) is 1. The molecule has 4 heteroatoms. The summed E-state index contributed by atoms with van der Waals surface area (Å²) in [4.78, 5) is 3.96. The van der Waals surface area contributed by atoms with Crippen LogP contribution < -0.4 is 5.32 Å². The lowest BCUT2D eigenvalue weighted by atomic mass is 9.79. The first kappa shape index (κ1) is 16.5. The summed E-state index contributed by atoms with van der Waals surface area (Å²) in [7, 11) is 6.66. The predicted molar refractivity (Wildman–Crippen MR) is 92.7 cm³/mol. The highest BCUT2D eigenvalue weighted by Crippen LogP contribution is 2.36. The molecule has 20 heavy (non-hydrogen) atoms. The standard InChI is InChI=1S/C16H27BrN2S/c1-18-14(12-13-8-9-15(17)20-13)16(19(2)3)10-6-4-5-7-11-16/h8-9,14,18H,4-7,10-12H2,1-3H3. The van der Waals surface area contributed by atoms with Gasteiger partial charge in [0.25, 0.3) is 0 Å². The first-order valence-corrected chi connectivity index (χ1v) is 9.28. The largest absolute Gasteiger partial charge is 0.315 e. The van der Waals surface area contributed by atoms with Gasteiger partial charge in [0.2, 0.25) is 0 Å². The summed E-state index contributed by atoms with van der Waals surface area (Å²) >= 11 is 5.45. The van der Waals surface area contributed by atoms with E-state index in [0.29, 0.717) is 11.6 Å². The molecule has 0 aromatic carbocycles. The van der Waals surface area contributed by atoms with E-state index in [1.54, 1.807) is 0 Å². The van der Waals surface area contributed by atoms with Gasteiger partial charge in [0, 0.05) is 16.5 Å². The molecule has 0 bridgehead atoms. The molecule has 1 aliphatic rings. The molecule has 1 heterocycles. The van der Waals surface area contributed by atoms with Crippen LogP contribution in [0.2, 0.25) is 0 Å². The van der Waals surface area contributed by atoms with Crippen molar-refractivity contribution in [3.63, 3.8) is 0 Å². The molecule has 0 amide bonds. The lowest BCUT2D eigenvalue weighted by Gasteiger charge is -2.46. The summed E-state index contributed by atoms with van der Waals surface area (Å²) in [5.41, 5.74) is 0.307. The number of thiophene rings is 1. The van der Waals surface area contributed by atoms with Gasteiger partial charge < -0.3 is 10.2 Å². The van der Waals surface area contributed by atoms with Gasteiger partial charge >= 0.3 is 0 Å². The van der Waals surface area contributed by atoms with Crippen LogP contribution in [0.1, 0.15) is 43.4 Å². The van der Waals surface area contributed by atoms with Crippen molar-refractivity contribution in [1.82, 2.24) is 10.2 Å². The second kappa shape index (κ2) is 7.39. The minimum absolute atomic E-state index is 0.307. The molecule has 1 unspecified atom stereocenters. The Labute approximate surface area is 136 Å². The monoisotopic (exact) mass is 358 g/mol. The molecule has 0 spiro atoms. The van der Waals surface area contributed by atoms with E-state index in [1.807, 2.05) is 11.3 Å². The quantitative estimate of drug-likeness (QED) is 0.789. The highest BCUT2D eigenvalue weighted by atomic mass is 79.9. The second-order valence-electron chi connectivity index (χ2n) is 6.16. The minimum atomic E-state index is 0.307. The fraction of sp³-hybridized carbons (Fsp3) is 0.750. The van der Waals surface area contributed by atoms with Crippen molar-refractivity contribution in [2.45, 2.75) is 56.5 Å². The van der Waals surface area contributed by atoms with Gasteiger partial charge in [0.15, 0.2) is 0 Å². The van der Waals surface area contributed by atoms with Gasteiger partial charge in [-0.2, -0.15) is 0 Å². The van der Waals surface area contributed by atoms with Gasteiger partial charge in [0.05, 0.1) is 3.79 Å². The normalized spacial score (nSPS) is 20.9. The molecule has 1 aromatic rings. The Morgan fingerprint density at radius 1 is 1.25 bits per heavy atom. The molecule has 2 rings (SSSR count). The molecule has 1 aromatic heterocycles. The molecule has 1 saturated carbocycles. The molecule has 2 nitrogen and oxygen atoms in total. The Morgan fingerprint density at radius 3 is 2.35 bits per heavy atom. The number of likely N-dealkylation sites (N-methyl/N-ethyl adjacent to an activating group) is 2. The summed E-state index contributed by atoms with van der Waals surface area (Å²) in [5, 5.41) is 3.63. The summed E-state index contributed by atoms with van der Waals surface area (Å²) in [5.74, 6) is 0. The zero-order valence-electron chi connectivity index (χ0n) is 12.9. The van der Waals surface area contributed by atoms with Crippen molar-refractivity contribution in [2.24, 2.45) is 0 Å². The summed E-state index contributed by atoms with van der Waals surface area (Å²) in [6, 6.07) is 4.96. The van der Waals surface area contributed by atoms with Crippen LogP contribution in [0, 0.1) is 0 Å². The number of hydrogen-bond acceptors (Lipinski definition) is 3. The fourth-order valence-electron chi connectivity index (χ4n) is 3.67. The Morgan fingerprint density at radius 2 is 1.90 bits per heavy atom. The lowest BCUT2D eigenvalue weighted by molar-refractivity contribution is 0.0839. The van der Waals surface area contributed by atoms with Crippen LogP contribution in [0.15, 0.2) is 15.9 Å². The molecule has 0 radical (unpaired) electrons. The van der Waals surface area contributed by atoms with Crippen molar-refractivity contribution in [3.05, 3.63) is 20.8 Å². The second-order valence-corrected chi connectivity index (χ2v) is 8.71. The summed E-state index contributed by atoms with van der Waals surface area (Å²) in [6.45, 7) is 0. The van der Waals surface area contributed by atoms with Crippen LogP contribution in [0.3, 0.4) is 0 Å². The highest BCUT2D eigenvalue weighted by Gasteiger charge is 2.40. The van der Waals surface area contributed by atoms with Crippen LogP contribution in [0.5, 0.6) is 0 Å². The van der Waals surface area contributed by atoms with Crippen molar-refractivity contribution in [1.29, 1.82) is 0 Å². The summed E-state index contributed by atoms with van der Waals surface area (Å²) < 4.78 is 1.24. The highest BCUT2D eigenvalue weighted by molar-refractivity contribution is 9.11. The van der Waals surface area contributed by atoms with E-state index in [2.05, 4.69) is 59.4 Å². The van der Waals surface area contributed by atoms with Crippen LogP contribution in [-0.2, 0) is 6.42 Å². The SMILES string of the molecule is CNC(Cc1ccc(Br)s1)C1(N(C)C)CCCCCC1. The third-order valence-corrected chi connectivity index (χ3v) is 6.54. The first-order chi connectivity index (χ1) is 9.58.